The molecule has 2 heterocycles. The Hall–Kier alpha value is -1.01. The van der Waals surface area contributed by atoms with Gasteiger partial charge in [0, 0.05) is 25.4 Å². The molecule has 0 aromatic carbocycles. The summed E-state index contributed by atoms with van der Waals surface area (Å²) in [6.45, 7) is 2.71. The lowest BCUT2D eigenvalue weighted by Crippen LogP contribution is -2.41. The summed E-state index contributed by atoms with van der Waals surface area (Å²) < 4.78 is 7.49. The van der Waals surface area contributed by atoms with E-state index >= 15 is 0 Å². The summed E-state index contributed by atoms with van der Waals surface area (Å²) in [5.74, 6) is 0.111. The van der Waals surface area contributed by atoms with Crippen LogP contribution in [0.1, 0.15) is 31.4 Å². The van der Waals surface area contributed by atoms with Crippen LogP contribution in [0.5, 0.6) is 0 Å². The fraction of sp³-hybridized carbons (Fsp3) is 0.692. The maximum atomic E-state index is 12.1. The van der Waals surface area contributed by atoms with Gasteiger partial charge in [-0.05, 0) is 19.1 Å². The van der Waals surface area contributed by atoms with E-state index in [0.717, 1.165) is 18.4 Å². The fourth-order valence-corrected chi connectivity index (χ4v) is 3.00. The van der Waals surface area contributed by atoms with Crippen molar-refractivity contribution in [3.8, 4) is 0 Å². The van der Waals surface area contributed by atoms with E-state index in [4.69, 9.17) is 4.74 Å². The van der Waals surface area contributed by atoms with Gasteiger partial charge >= 0.3 is 0 Å². The predicted octanol–water partition coefficient (Wildman–Crippen LogP) is 1.51. The number of rotatable bonds is 5. The Morgan fingerprint density at radius 1 is 1.74 bits per heavy atom. The van der Waals surface area contributed by atoms with Gasteiger partial charge in [-0.2, -0.15) is 16.9 Å². The molecule has 0 unspecified atom stereocenters. The highest BCUT2D eigenvalue weighted by molar-refractivity contribution is 7.99. The number of carbonyl (C=O) groups is 1. The van der Waals surface area contributed by atoms with Crippen molar-refractivity contribution in [2.24, 2.45) is 7.05 Å². The molecule has 6 heteroatoms. The average molecular weight is 283 g/mol. The van der Waals surface area contributed by atoms with Crippen LogP contribution in [0, 0.1) is 0 Å². The number of nitrogens with one attached hydrogen (secondary N) is 1. The van der Waals surface area contributed by atoms with Gasteiger partial charge in [-0.15, -0.1) is 0 Å². The topological polar surface area (TPSA) is 56.1 Å². The van der Waals surface area contributed by atoms with Gasteiger partial charge in [0.1, 0.15) is 6.10 Å². The molecule has 1 fully saturated rings. The van der Waals surface area contributed by atoms with Gasteiger partial charge in [0.25, 0.3) is 0 Å². The summed E-state index contributed by atoms with van der Waals surface area (Å²) in [6, 6.07) is 0.0536. The maximum absolute atomic E-state index is 12.1. The van der Waals surface area contributed by atoms with E-state index in [0.29, 0.717) is 6.61 Å². The molecule has 1 aliphatic heterocycles. The van der Waals surface area contributed by atoms with Gasteiger partial charge in [-0.3, -0.25) is 9.48 Å². The van der Waals surface area contributed by atoms with Crippen molar-refractivity contribution >= 4 is 17.7 Å². The zero-order valence-corrected chi connectivity index (χ0v) is 12.4. The zero-order chi connectivity index (χ0) is 13.8. The van der Waals surface area contributed by atoms with E-state index in [-0.39, 0.29) is 23.3 Å². The number of hydrogen-bond acceptors (Lipinski definition) is 4. The van der Waals surface area contributed by atoms with Gasteiger partial charge in [-0.25, -0.2) is 0 Å². The van der Waals surface area contributed by atoms with Crippen molar-refractivity contribution in [2.45, 2.75) is 37.2 Å². The lowest BCUT2D eigenvalue weighted by atomic mass is 10.1. The molecule has 0 bridgehead atoms. The highest BCUT2D eigenvalue weighted by atomic mass is 32.2. The standard InChI is InChI=1S/C13H21N3O2S/c1-4-11(19-3)13(17)15-10-5-6-18-12(10)9-7-14-16(2)8-9/h7-8,10-12H,4-6H2,1-3H3,(H,15,17)/t10-,11+,12+/m0/s1. The third-order valence-corrected chi connectivity index (χ3v) is 4.54. The second-order valence-corrected chi connectivity index (χ2v) is 5.82. The molecule has 1 saturated heterocycles. The molecule has 1 amide bonds. The SMILES string of the molecule is CC[C@@H](SC)C(=O)N[C@H]1CCO[C@@H]1c1cnn(C)c1. The Bertz CT molecular complexity index is 431. The summed E-state index contributed by atoms with van der Waals surface area (Å²) in [7, 11) is 1.88. The summed E-state index contributed by atoms with van der Waals surface area (Å²) in [4.78, 5) is 12.1. The summed E-state index contributed by atoms with van der Waals surface area (Å²) in [6.07, 6.45) is 7.35. The molecule has 0 radical (unpaired) electrons. The number of nitrogens with zero attached hydrogens (tertiary/aromatic N) is 2. The molecule has 3 atom stereocenters. The second kappa shape index (κ2) is 6.43. The highest BCUT2D eigenvalue weighted by Gasteiger charge is 2.32. The summed E-state index contributed by atoms with van der Waals surface area (Å²) in [5.41, 5.74) is 1.03. The average Bonchev–Trinajstić information content (AvgIpc) is 2.99. The third kappa shape index (κ3) is 3.30. The number of carbonyl (C=O) groups excluding carboxylic acids is 1. The minimum atomic E-state index is -0.0722. The number of hydrogen-bond donors (Lipinski definition) is 1. The molecule has 0 aliphatic carbocycles. The van der Waals surface area contributed by atoms with E-state index < -0.39 is 0 Å². The molecule has 0 spiro atoms. The van der Waals surface area contributed by atoms with Crippen molar-refractivity contribution in [3.63, 3.8) is 0 Å². The van der Waals surface area contributed by atoms with Crippen LogP contribution in [0.4, 0.5) is 0 Å². The third-order valence-electron chi connectivity index (χ3n) is 3.42. The molecular weight excluding hydrogens is 262 g/mol. The summed E-state index contributed by atoms with van der Waals surface area (Å²) >= 11 is 1.59. The molecule has 1 aliphatic rings. The van der Waals surface area contributed by atoms with Crippen LogP contribution in [0.3, 0.4) is 0 Å². The van der Waals surface area contributed by atoms with Crippen LogP contribution in [0.25, 0.3) is 0 Å². The van der Waals surface area contributed by atoms with Crippen LogP contribution < -0.4 is 5.32 Å². The Kier molecular flexibility index (Phi) is 4.87. The minimum Gasteiger partial charge on any atom is -0.371 e. The Morgan fingerprint density at radius 3 is 3.11 bits per heavy atom. The van der Waals surface area contributed by atoms with Crippen molar-refractivity contribution in [1.82, 2.24) is 15.1 Å². The van der Waals surface area contributed by atoms with Gasteiger partial charge in [0.15, 0.2) is 0 Å². The second-order valence-electron chi connectivity index (χ2n) is 4.78. The van der Waals surface area contributed by atoms with Gasteiger partial charge in [-0.1, -0.05) is 6.92 Å². The maximum Gasteiger partial charge on any atom is 0.233 e. The van der Waals surface area contributed by atoms with Crippen LogP contribution in [0.15, 0.2) is 12.4 Å². The lowest BCUT2D eigenvalue weighted by Gasteiger charge is -2.21. The van der Waals surface area contributed by atoms with E-state index in [9.17, 15) is 4.79 Å². The fourth-order valence-electron chi connectivity index (χ4n) is 2.39. The van der Waals surface area contributed by atoms with Crippen LogP contribution in [-0.4, -0.2) is 39.8 Å². The number of amides is 1. The van der Waals surface area contributed by atoms with Crippen molar-refractivity contribution in [1.29, 1.82) is 0 Å². The smallest absolute Gasteiger partial charge is 0.233 e. The van der Waals surface area contributed by atoms with E-state index in [2.05, 4.69) is 10.4 Å². The molecule has 106 valence electrons. The largest absolute Gasteiger partial charge is 0.371 e. The Labute approximate surface area is 118 Å². The molecule has 1 aromatic heterocycles. The van der Waals surface area contributed by atoms with E-state index in [1.54, 1.807) is 22.6 Å². The first-order valence-electron chi connectivity index (χ1n) is 6.59. The van der Waals surface area contributed by atoms with Gasteiger partial charge in [0.05, 0.1) is 17.5 Å². The summed E-state index contributed by atoms with van der Waals surface area (Å²) in [5, 5.41) is 7.30. The van der Waals surface area contributed by atoms with E-state index in [1.165, 1.54) is 0 Å². The first kappa shape index (κ1) is 14.4. The van der Waals surface area contributed by atoms with Crippen LogP contribution in [-0.2, 0) is 16.6 Å². The van der Waals surface area contributed by atoms with Gasteiger partial charge in [0.2, 0.25) is 5.91 Å². The Morgan fingerprint density at radius 2 is 2.53 bits per heavy atom. The quantitative estimate of drug-likeness (QED) is 0.890. The lowest BCUT2D eigenvalue weighted by molar-refractivity contribution is -0.121. The molecular formula is C13H21N3O2S. The molecule has 19 heavy (non-hydrogen) atoms. The molecule has 1 N–H and O–H groups in total. The van der Waals surface area contributed by atoms with Crippen molar-refractivity contribution in [2.75, 3.05) is 12.9 Å². The molecule has 2 rings (SSSR count). The first-order chi connectivity index (χ1) is 9.15. The normalized spacial score (nSPS) is 24.4. The highest BCUT2D eigenvalue weighted by Crippen LogP contribution is 2.29. The number of aryl methyl sites for hydroxylation is 1. The predicted molar refractivity (Wildman–Crippen MR) is 76.0 cm³/mol. The van der Waals surface area contributed by atoms with Gasteiger partial charge < -0.3 is 10.1 Å². The first-order valence-corrected chi connectivity index (χ1v) is 7.87. The van der Waals surface area contributed by atoms with E-state index in [1.807, 2.05) is 26.4 Å². The van der Waals surface area contributed by atoms with Crippen LogP contribution >= 0.6 is 11.8 Å². The van der Waals surface area contributed by atoms with Crippen molar-refractivity contribution in [3.05, 3.63) is 18.0 Å². The molecule has 1 aromatic rings. The Balaban J connectivity index is 2.01. The molecule has 5 nitrogen and oxygen atoms in total. The molecule has 0 saturated carbocycles. The monoisotopic (exact) mass is 283 g/mol. The number of thioether (sulfide) groups is 1. The number of ether oxygens (including phenoxy) is 1. The minimum absolute atomic E-state index is 0.0233. The zero-order valence-electron chi connectivity index (χ0n) is 11.6. The van der Waals surface area contributed by atoms with Crippen molar-refractivity contribution < 1.29 is 9.53 Å². The van der Waals surface area contributed by atoms with Crippen LogP contribution in [0.2, 0.25) is 0 Å². The number of aromatic nitrogens is 2.